The Labute approximate surface area is 169 Å². The number of amides is 1. The van der Waals surface area contributed by atoms with E-state index in [0.717, 1.165) is 51.9 Å². The van der Waals surface area contributed by atoms with Crippen molar-refractivity contribution in [2.24, 2.45) is 7.05 Å². The molecule has 0 radical (unpaired) electrons. The highest BCUT2D eigenvalue weighted by Gasteiger charge is 2.29. The molecule has 6 nitrogen and oxygen atoms in total. The maximum atomic E-state index is 12.7. The van der Waals surface area contributed by atoms with Crippen LogP contribution in [0, 0.1) is 0 Å². The van der Waals surface area contributed by atoms with Gasteiger partial charge in [-0.25, -0.2) is 9.97 Å². The highest BCUT2D eigenvalue weighted by atomic mass is 32.1. The van der Waals surface area contributed by atoms with Gasteiger partial charge in [-0.3, -0.25) is 4.79 Å². The number of carbonyl (C=O) groups excluding carboxylic acids is 1. The van der Waals surface area contributed by atoms with Crippen LogP contribution in [0.4, 0.5) is 0 Å². The number of aryl methyl sites for hydroxylation is 1. The molecule has 0 atom stereocenters. The third kappa shape index (κ3) is 3.17. The van der Waals surface area contributed by atoms with Gasteiger partial charge in [0.2, 0.25) is 0 Å². The van der Waals surface area contributed by atoms with E-state index in [9.17, 15) is 4.79 Å². The molecule has 0 saturated carbocycles. The van der Waals surface area contributed by atoms with E-state index in [1.54, 1.807) is 17.1 Å². The zero-order valence-corrected chi connectivity index (χ0v) is 17.0. The number of allylic oxidation sites excluding steroid dienone is 3. The number of carbonyl (C=O) groups is 1. The fourth-order valence-electron chi connectivity index (χ4n) is 4.26. The zero-order valence-electron chi connectivity index (χ0n) is 16.2. The lowest BCUT2D eigenvalue weighted by Crippen LogP contribution is -2.38. The van der Waals surface area contributed by atoms with Crippen molar-refractivity contribution < 1.29 is 4.79 Å². The molecule has 2 aromatic heterocycles. The number of rotatable bonds is 3. The van der Waals surface area contributed by atoms with Crippen LogP contribution in [0.15, 0.2) is 36.4 Å². The number of likely N-dealkylation sites (tertiary alicyclic amines) is 1. The Kier molecular flexibility index (Phi) is 4.55. The summed E-state index contributed by atoms with van der Waals surface area (Å²) in [5.74, 6) is 0.578. The monoisotopic (exact) mass is 395 g/mol. The zero-order chi connectivity index (χ0) is 19.1. The Hall–Kier alpha value is -2.41. The van der Waals surface area contributed by atoms with Gasteiger partial charge in [0.15, 0.2) is 0 Å². The molecule has 0 N–H and O–H groups in total. The lowest BCUT2D eigenvalue weighted by molar-refractivity contribution is 0.0703. The molecule has 1 aliphatic carbocycles. The number of hydrogen-bond donors (Lipinski definition) is 0. The summed E-state index contributed by atoms with van der Waals surface area (Å²) in [5, 5.41) is 1.29. The van der Waals surface area contributed by atoms with Crippen LogP contribution in [0.3, 0.4) is 0 Å². The van der Waals surface area contributed by atoms with Gasteiger partial charge in [0, 0.05) is 62.6 Å². The highest BCUT2D eigenvalue weighted by Crippen LogP contribution is 2.34. The Bertz CT molecular complexity index is 922. The molecule has 1 amide bonds. The summed E-state index contributed by atoms with van der Waals surface area (Å²) < 4.78 is 1.80. The summed E-state index contributed by atoms with van der Waals surface area (Å²) in [4.78, 5) is 27.7. The van der Waals surface area contributed by atoms with Crippen LogP contribution >= 0.6 is 11.3 Å². The number of aromatic nitrogens is 3. The number of imidazole rings is 1. The Morgan fingerprint density at radius 1 is 1.18 bits per heavy atom. The van der Waals surface area contributed by atoms with Crippen LogP contribution in [0.5, 0.6) is 0 Å². The number of piperidine rings is 1. The average Bonchev–Trinajstić information content (AvgIpc) is 3.23. The summed E-state index contributed by atoms with van der Waals surface area (Å²) in [6.07, 6.45) is 14.0. The molecule has 0 bridgehead atoms. The molecular weight excluding hydrogens is 370 g/mol. The SMILES string of the molecule is Cn1cncc1C(=O)N1CCC(c2nc3c(s2)CCN(C2=CC=C2)CC3)CC1. The molecule has 2 aliphatic heterocycles. The number of thiazole rings is 1. The van der Waals surface area contributed by atoms with Gasteiger partial charge < -0.3 is 14.4 Å². The number of nitrogens with zero attached hydrogens (tertiary/aromatic N) is 5. The molecule has 146 valence electrons. The van der Waals surface area contributed by atoms with Crippen molar-refractivity contribution in [2.45, 2.75) is 31.6 Å². The van der Waals surface area contributed by atoms with Crippen LogP contribution < -0.4 is 0 Å². The van der Waals surface area contributed by atoms with E-state index >= 15 is 0 Å². The summed E-state index contributed by atoms with van der Waals surface area (Å²) in [6, 6.07) is 0. The predicted octanol–water partition coefficient (Wildman–Crippen LogP) is 2.75. The first-order valence-corrected chi connectivity index (χ1v) is 10.9. The van der Waals surface area contributed by atoms with E-state index < -0.39 is 0 Å². The standard InChI is InChI=1S/C21H25N5OS/c1-24-14-22-13-18(24)21(27)26-9-5-15(6-10-26)20-23-17-7-11-25(16-3-2-4-16)12-8-19(17)28-20/h2-4,13-15H,5-12H2,1H3. The number of hydrogen-bond acceptors (Lipinski definition) is 5. The van der Waals surface area contributed by atoms with Crippen molar-refractivity contribution in [3.63, 3.8) is 0 Å². The molecule has 0 spiro atoms. The Morgan fingerprint density at radius 2 is 1.96 bits per heavy atom. The minimum atomic E-state index is 0.0906. The minimum Gasteiger partial charge on any atom is -0.371 e. The van der Waals surface area contributed by atoms with Crippen molar-refractivity contribution in [1.29, 1.82) is 0 Å². The van der Waals surface area contributed by atoms with Gasteiger partial charge in [0.25, 0.3) is 5.91 Å². The number of fused-ring (bicyclic) bond motifs is 1. The molecule has 0 unspecified atom stereocenters. The molecule has 1 fully saturated rings. The van der Waals surface area contributed by atoms with Crippen LogP contribution in [0.25, 0.3) is 0 Å². The predicted molar refractivity (Wildman–Crippen MR) is 109 cm³/mol. The summed E-state index contributed by atoms with van der Waals surface area (Å²) in [5.41, 5.74) is 3.33. The fourth-order valence-corrected chi connectivity index (χ4v) is 5.53. The molecular formula is C21H25N5OS. The van der Waals surface area contributed by atoms with Crippen molar-refractivity contribution >= 4 is 17.2 Å². The summed E-state index contributed by atoms with van der Waals surface area (Å²) in [6.45, 7) is 3.74. The van der Waals surface area contributed by atoms with Gasteiger partial charge in [-0.05, 0) is 25.0 Å². The molecule has 7 heteroatoms. The van der Waals surface area contributed by atoms with E-state index in [0.29, 0.717) is 11.6 Å². The Morgan fingerprint density at radius 3 is 2.64 bits per heavy atom. The normalized spacial score (nSPS) is 19.8. The first kappa shape index (κ1) is 17.7. The highest BCUT2D eigenvalue weighted by molar-refractivity contribution is 7.11. The maximum Gasteiger partial charge on any atom is 0.272 e. The smallest absolute Gasteiger partial charge is 0.272 e. The van der Waals surface area contributed by atoms with Crippen LogP contribution in [0.1, 0.15) is 44.8 Å². The quantitative estimate of drug-likeness (QED) is 0.802. The van der Waals surface area contributed by atoms with Gasteiger partial charge in [-0.2, -0.15) is 0 Å². The van der Waals surface area contributed by atoms with Crippen molar-refractivity contribution in [2.75, 3.05) is 26.2 Å². The van der Waals surface area contributed by atoms with Crippen LogP contribution in [0.2, 0.25) is 0 Å². The minimum absolute atomic E-state index is 0.0906. The summed E-state index contributed by atoms with van der Waals surface area (Å²) >= 11 is 1.91. The molecule has 0 aromatic carbocycles. The molecule has 4 heterocycles. The lowest BCUT2D eigenvalue weighted by atomic mass is 9.97. The lowest BCUT2D eigenvalue weighted by Gasteiger charge is -2.31. The van der Waals surface area contributed by atoms with E-state index in [1.165, 1.54) is 21.3 Å². The van der Waals surface area contributed by atoms with Crippen molar-refractivity contribution in [3.05, 3.63) is 57.7 Å². The molecule has 28 heavy (non-hydrogen) atoms. The molecule has 5 rings (SSSR count). The first-order valence-electron chi connectivity index (χ1n) is 10.1. The van der Waals surface area contributed by atoms with E-state index in [4.69, 9.17) is 4.98 Å². The fraction of sp³-hybridized carbons (Fsp3) is 0.476. The third-order valence-corrected chi connectivity index (χ3v) is 7.41. The van der Waals surface area contributed by atoms with E-state index in [1.807, 2.05) is 23.3 Å². The van der Waals surface area contributed by atoms with Crippen LogP contribution in [-0.2, 0) is 19.9 Å². The maximum absolute atomic E-state index is 12.7. The van der Waals surface area contributed by atoms with Gasteiger partial charge in [-0.15, -0.1) is 11.3 Å². The van der Waals surface area contributed by atoms with Gasteiger partial charge in [-0.1, -0.05) is 6.08 Å². The van der Waals surface area contributed by atoms with E-state index in [-0.39, 0.29) is 5.91 Å². The van der Waals surface area contributed by atoms with E-state index in [2.05, 4.69) is 28.1 Å². The average molecular weight is 396 g/mol. The summed E-state index contributed by atoms with van der Waals surface area (Å²) in [7, 11) is 1.87. The first-order chi connectivity index (χ1) is 13.7. The molecule has 2 aromatic rings. The Balaban J connectivity index is 1.21. The van der Waals surface area contributed by atoms with Gasteiger partial charge in [0.05, 0.1) is 23.2 Å². The molecule has 3 aliphatic rings. The topological polar surface area (TPSA) is 54.3 Å². The second-order valence-electron chi connectivity index (χ2n) is 7.82. The third-order valence-electron chi connectivity index (χ3n) is 6.09. The largest absolute Gasteiger partial charge is 0.371 e. The van der Waals surface area contributed by atoms with Crippen molar-refractivity contribution in [1.82, 2.24) is 24.3 Å². The van der Waals surface area contributed by atoms with Crippen molar-refractivity contribution in [3.8, 4) is 0 Å². The van der Waals surface area contributed by atoms with Gasteiger partial charge >= 0.3 is 0 Å². The molecule has 1 saturated heterocycles. The van der Waals surface area contributed by atoms with Gasteiger partial charge in [0.1, 0.15) is 5.69 Å². The van der Waals surface area contributed by atoms with Crippen LogP contribution in [-0.4, -0.2) is 56.4 Å². The second-order valence-corrected chi connectivity index (χ2v) is 8.93. The second kappa shape index (κ2) is 7.20.